The Morgan fingerprint density at radius 1 is 1.50 bits per heavy atom. The minimum atomic E-state index is -1.16. The monoisotopic (exact) mass is 321 g/mol. The molecule has 0 radical (unpaired) electrons. The van der Waals surface area contributed by atoms with Crippen molar-refractivity contribution in [3.05, 3.63) is 40.2 Å². The predicted molar refractivity (Wildman–Crippen MR) is 78.1 cm³/mol. The Kier molecular flexibility index (Phi) is 3.50. The SMILES string of the molecule is COc1ccc(-n2nc(C(=O)O)c3c2C(=O)NCC3)cc1Cl. The third-order valence-electron chi connectivity index (χ3n) is 3.44. The molecular formula is C14H12ClN3O4. The van der Waals surface area contributed by atoms with E-state index in [-0.39, 0.29) is 17.3 Å². The molecule has 0 fully saturated rings. The average Bonchev–Trinajstić information content (AvgIpc) is 2.88. The summed E-state index contributed by atoms with van der Waals surface area (Å²) in [5, 5.41) is 16.4. The molecule has 114 valence electrons. The van der Waals surface area contributed by atoms with E-state index in [2.05, 4.69) is 10.4 Å². The molecule has 1 aliphatic heterocycles. The number of carbonyl (C=O) groups is 2. The quantitative estimate of drug-likeness (QED) is 0.894. The van der Waals surface area contributed by atoms with Crippen LogP contribution in [0.1, 0.15) is 26.5 Å². The number of carboxylic acid groups (broad SMARTS) is 1. The molecule has 1 aromatic carbocycles. The van der Waals surface area contributed by atoms with E-state index in [0.29, 0.717) is 35.0 Å². The minimum absolute atomic E-state index is 0.114. The van der Waals surface area contributed by atoms with E-state index in [1.165, 1.54) is 11.8 Å². The second kappa shape index (κ2) is 5.34. The second-order valence-corrected chi connectivity index (χ2v) is 5.12. The van der Waals surface area contributed by atoms with Gasteiger partial charge in [-0.15, -0.1) is 0 Å². The van der Waals surface area contributed by atoms with Crippen molar-refractivity contribution < 1.29 is 19.4 Å². The topological polar surface area (TPSA) is 93.5 Å². The molecule has 2 heterocycles. The van der Waals surface area contributed by atoms with Crippen molar-refractivity contribution >= 4 is 23.5 Å². The van der Waals surface area contributed by atoms with Crippen LogP contribution in [0.15, 0.2) is 18.2 Å². The molecule has 1 amide bonds. The number of nitrogens with zero attached hydrogens (tertiary/aromatic N) is 2. The minimum Gasteiger partial charge on any atom is -0.495 e. The van der Waals surface area contributed by atoms with Crippen LogP contribution in [-0.2, 0) is 6.42 Å². The summed E-state index contributed by atoms with van der Waals surface area (Å²) in [7, 11) is 1.49. The molecule has 0 saturated heterocycles. The van der Waals surface area contributed by atoms with Crippen LogP contribution in [0.3, 0.4) is 0 Å². The highest BCUT2D eigenvalue weighted by Gasteiger charge is 2.30. The molecule has 0 saturated carbocycles. The van der Waals surface area contributed by atoms with E-state index in [9.17, 15) is 14.7 Å². The van der Waals surface area contributed by atoms with Gasteiger partial charge in [-0.2, -0.15) is 5.10 Å². The third-order valence-corrected chi connectivity index (χ3v) is 3.74. The van der Waals surface area contributed by atoms with Crippen LogP contribution in [-0.4, -0.2) is 40.4 Å². The third kappa shape index (κ3) is 2.19. The van der Waals surface area contributed by atoms with Gasteiger partial charge in [-0.1, -0.05) is 11.6 Å². The Balaban J connectivity index is 2.21. The Bertz CT molecular complexity index is 785. The number of nitrogens with one attached hydrogen (secondary N) is 1. The van der Waals surface area contributed by atoms with E-state index in [4.69, 9.17) is 16.3 Å². The van der Waals surface area contributed by atoms with E-state index < -0.39 is 5.97 Å². The molecule has 22 heavy (non-hydrogen) atoms. The number of hydrogen-bond donors (Lipinski definition) is 2. The fraction of sp³-hybridized carbons (Fsp3) is 0.214. The molecule has 8 heteroatoms. The normalized spacial score (nSPS) is 13.5. The van der Waals surface area contributed by atoms with E-state index in [1.807, 2.05) is 0 Å². The highest BCUT2D eigenvalue weighted by Crippen LogP contribution is 2.29. The van der Waals surface area contributed by atoms with E-state index in [0.717, 1.165) is 0 Å². The Morgan fingerprint density at radius 2 is 2.27 bits per heavy atom. The summed E-state index contributed by atoms with van der Waals surface area (Å²) in [5.74, 6) is -1.04. The number of carbonyl (C=O) groups excluding carboxylic acids is 1. The molecule has 3 rings (SSSR count). The first-order valence-corrected chi connectivity index (χ1v) is 6.88. The summed E-state index contributed by atoms with van der Waals surface area (Å²) in [6.07, 6.45) is 0.423. The number of fused-ring (bicyclic) bond motifs is 1. The van der Waals surface area contributed by atoms with Crippen molar-refractivity contribution in [1.82, 2.24) is 15.1 Å². The van der Waals surface area contributed by atoms with Gasteiger partial charge in [0.1, 0.15) is 11.4 Å². The zero-order chi connectivity index (χ0) is 15.9. The van der Waals surface area contributed by atoms with Crippen molar-refractivity contribution in [3.63, 3.8) is 0 Å². The highest BCUT2D eigenvalue weighted by molar-refractivity contribution is 6.32. The Labute approximate surface area is 130 Å². The van der Waals surface area contributed by atoms with Crippen molar-refractivity contribution in [2.24, 2.45) is 0 Å². The number of hydrogen-bond acceptors (Lipinski definition) is 4. The van der Waals surface area contributed by atoms with Gasteiger partial charge in [0.2, 0.25) is 0 Å². The molecule has 0 bridgehead atoms. The second-order valence-electron chi connectivity index (χ2n) is 4.72. The Hall–Kier alpha value is -2.54. The van der Waals surface area contributed by atoms with E-state index >= 15 is 0 Å². The number of aromatic nitrogens is 2. The predicted octanol–water partition coefficient (Wildman–Crippen LogP) is 1.52. The summed E-state index contributed by atoms with van der Waals surface area (Å²) in [6, 6.07) is 4.86. The first kappa shape index (κ1) is 14.4. The Morgan fingerprint density at radius 3 is 2.91 bits per heavy atom. The van der Waals surface area contributed by atoms with Crippen LogP contribution in [0, 0.1) is 0 Å². The zero-order valence-electron chi connectivity index (χ0n) is 11.6. The van der Waals surface area contributed by atoms with Gasteiger partial charge < -0.3 is 15.2 Å². The maximum absolute atomic E-state index is 12.1. The van der Waals surface area contributed by atoms with Crippen LogP contribution in [0.5, 0.6) is 5.75 Å². The number of amides is 1. The summed E-state index contributed by atoms with van der Waals surface area (Å²) in [4.78, 5) is 23.4. The molecule has 2 aromatic rings. The molecule has 7 nitrogen and oxygen atoms in total. The number of rotatable bonds is 3. The lowest BCUT2D eigenvalue weighted by atomic mass is 10.1. The number of methoxy groups -OCH3 is 1. The lowest BCUT2D eigenvalue weighted by Gasteiger charge is -2.15. The van der Waals surface area contributed by atoms with Crippen molar-refractivity contribution in [1.29, 1.82) is 0 Å². The molecular weight excluding hydrogens is 310 g/mol. The molecule has 1 aromatic heterocycles. The van der Waals surface area contributed by atoms with Crippen LogP contribution < -0.4 is 10.1 Å². The molecule has 0 atom stereocenters. The summed E-state index contributed by atoms with van der Waals surface area (Å²) in [5.41, 5.74) is 1.04. The van der Waals surface area contributed by atoms with Gasteiger partial charge in [0.25, 0.3) is 5.91 Å². The largest absolute Gasteiger partial charge is 0.495 e. The van der Waals surface area contributed by atoms with Crippen molar-refractivity contribution in [3.8, 4) is 11.4 Å². The van der Waals surface area contributed by atoms with Gasteiger partial charge in [-0.25, -0.2) is 9.48 Å². The maximum Gasteiger partial charge on any atom is 0.356 e. The first-order valence-electron chi connectivity index (χ1n) is 6.50. The average molecular weight is 322 g/mol. The number of benzene rings is 1. The van der Waals surface area contributed by atoms with E-state index in [1.54, 1.807) is 18.2 Å². The van der Waals surface area contributed by atoms with Crippen LogP contribution >= 0.6 is 11.6 Å². The molecule has 0 spiro atoms. The lowest BCUT2D eigenvalue weighted by Crippen LogP contribution is -2.33. The van der Waals surface area contributed by atoms with Gasteiger partial charge in [-0.3, -0.25) is 4.79 Å². The maximum atomic E-state index is 12.1. The number of halogens is 1. The fourth-order valence-corrected chi connectivity index (χ4v) is 2.70. The van der Waals surface area contributed by atoms with Gasteiger partial charge in [0.05, 0.1) is 17.8 Å². The highest BCUT2D eigenvalue weighted by atomic mass is 35.5. The fourth-order valence-electron chi connectivity index (χ4n) is 2.45. The zero-order valence-corrected chi connectivity index (χ0v) is 12.3. The van der Waals surface area contributed by atoms with Crippen LogP contribution in [0.4, 0.5) is 0 Å². The number of ether oxygens (including phenoxy) is 1. The summed E-state index contributed by atoms with van der Waals surface area (Å²) in [6.45, 7) is 0.390. The van der Waals surface area contributed by atoms with Crippen LogP contribution in [0.2, 0.25) is 5.02 Å². The van der Waals surface area contributed by atoms with Gasteiger partial charge >= 0.3 is 5.97 Å². The summed E-state index contributed by atoms with van der Waals surface area (Å²) < 4.78 is 6.38. The molecule has 0 aliphatic carbocycles. The molecule has 1 aliphatic rings. The number of aromatic carboxylic acids is 1. The first-order chi connectivity index (χ1) is 10.5. The lowest BCUT2D eigenvalue weighted by molar-refractivity contribution is 0.0689. The van der Waals surface area contributed by atoms with Gasteiger partial charge in [-0.05, 0) is 24.6 Å². The van der Waals surface area contributed by atoms with Crippen LogP contribution in [0.25, 0.3) is 5.69 Å². The smallest absolute Gasteiger partial charge is 0.356 e. The number of carboxylic acids is 1. The standard InChI is InChI=1S/C14H12ClN3O4/c1-22-10-3-2-7(6-9(10)15)18-12-8(4-5-16-13(12)19)11(17-18)14(20)21/h2-3,6H,4-5H2,1H3,(H,16,19)(H,20,21). The van der Waals surface area contributed by atoms with Gasteiger partial charge in [0.15, 0.2) is 5.69 Å². The molecule has 2 N–H and O–H groups in total. The van der Waals surface area contributed by atoms with Crippen molar-refractivity contribution in [2.45, 2.75) is 6.42 Å². The van der Waals surface area contributed by atoms with Gasteiger partial charge in [0, 0.05) is 12.1 Å². The summed E-state index contributed by atoms with van der Waals surface area (Å²) >= 11 is 6.09. The van der Waals surface area contributed by atoms with Crippen molar-refractivity contribution in [2.75, 3.05) is 13.7 Å². The molecule has 0 unspecified atom stereocenters.